The van der Waals surface area contributed by atoms with Crippen molar-refractivity contribution in [3.05, 3.63) is 59.8 Å². The van der Waals surface area contributed by atoms with Crippen molar-refractivity contribution in [2.45, 2.75) is 51.1 Å². The Morgan fingerprint density at radius 1 is 1.13 bits per heavy atom. The molecule has 1 aliphatic rings. The van der Waals surface area contributed by atoms with Gasteiger partial charge in [0.05, 0.1) is 6.61 Å². The SMILES string of the molecule is O=C(NCc1ccccc1)O[C@H](C(=O)Nc1cc(CO)ccn1)C1CCC(F)CC1. The lowest BCUT2D eigenvalue weighted by molar-refractivity contribution is -0.128. The molecule has 2 amide bonds. The zero-order valence-electron chi connectivity index (χ0n) is 16.6. The smallest absolute Gasteiger partial charge is 0.408 e. The largest absolute Gasteiger partial charge is 0.436 e. The van der Waals surface area contributed by atoms with Crippen LogP contribution >= 0.6 is 0 Å². The van der Waals surface area contributed by atoms with Crippen molar-refractivity contribution in [2.75, 3.05) is 5.32 Å². The fourth-order valence-corrected chi connectivity index (χ4v) is 3.51. The highest BCUT2D eigenvalue weighted by atomic mass is 19.1. The van der Waals surface area contributed by atoms with Crippen molar-refractivity contribution >= 4 is 17.8 Å². The maximum atomic E-state index is 13.6. The van der Waals surface area contributed by atoms with Gasteiger partial charge in [-0.1, -0.05) is 30.3 Å². The molecule has 0 bridgehead atoms. The van der Waals surface area contributed by atoms with Crippen LogP contribution < -0.4 is 10.6 Å². The molecule has 1 aromatic heterocycles. The average molecular weight is 415 g/mol. The van der Waals surface area contributed by atoms with Crippen LogP contribution in [0.5, 0.6) is 0 Å². The molecule has 160 valence electrons. The van der Waals surface area contributed by atoms with Gasteiger partial charge in [0.2, 0.25) is 0 Å². The molecular weight excluding hydrogens is 389 g/mol. The van der Waals surface area contributed by atoms with Gasteiger partial charge in [-0.3, -0.25) is 4.79 Å². The van der Waals surface area contributed by atoms with Crippen LogP contribution in [0.1, 0.15) is 36.8 Å². The van der Waals surface area contributed by atoms with Gasteiger partial charge in [-0.15, -0.1) is 0 Å². The molecule has 1 atom stereocenters. The first-order valence-corrected chi connectivity index (χ1v) is 10.0. The van der Waals surface area contributed by atoms with Crippen molar-refractivity contribution in [3.63, 3.8) is 0 Å². The minimum Gasteiger partial charge on any atom is -0.436 e. The maximum Gasteiger partial charge on any atom is 0.408 e. The fourth-order valence-electron chi connectivity index (χ4n) is 3.51. The van der Waals surface area contributed by atoms with Crippen LogP contribution in [0.4, 0.5) is 15.0 Å². The topological polar surface area (TPSA) is 101 Å². The van der Waals surface area contributed by atoms with Gasteiger partial charge >= 0.3 is 6.09 Å². The Balaban J connectivity index is 1.66. The third-order valence-electron chi connectivity index (χ3n) is 5.16. The minimum absolute atomic E-state index is 0.187. The lowest BCUT2D eigenvalue weighted by Crippen LogP contribution is -2.42. The van der Waals surface area contributed by atoms with Gasteiger partial charge in [-0.2, -0.15) is 0 Å². The van der Waals surface area contributed by atoms with Gasteiger partial charge in [0, 0.05) is 18.7 Å². The number of aliphatic hydroxyl groups excluding tert-OH is 1. The van der Waals surface area contributed by atoms with Crippen LogP contribution in [-0.4, -0.2) is 34.4 Å². The normalized spacial score (nSPS) is 19.5. The van der Waals surface area contributed by atoms with E-state index >= 15 is 0 Å². The van der Waals surface area contributed by atoms with Gasteiger partial charge in [-0.05, 0) is 48.9 Å². The molecule has 7 nitrogen and oxygen atoms in total. The highest BCUT2D eigenvalue weighted by molar-refractivity contribution is 5.94. The quantitative estimate of drug-likeness (QED) is 0.644. The molecule has 0 radical (unpaired) electrons. The van der Waals surface area contributed by atoms with E-state index in [1.54, 1.807) is 12.1 Å². The van der Waals surface area contributed by atoms with Crippen molar-refractivity contribution in [2.24, 2.45) is 5.92 Å². The van der Waals surface area contributed by atoms with Crippen molar-refractivity contribution in [1.82, 2.24) is 10.3 Å². The number of aliphatic hydroxyl groups is 1. The second kappa shape index (κ2) is 10.7. The lowest BCUT2D eigenvalue weighted by atomic mass is 9.84. The molecular formula is C22H26FN3O4. The third-order valence-corrected chi connectivity index (χ3v) is 5.16. The van der Waals surface area contributed by atoms with Crippen LogP contribution in [0.15, 0.2) is 48.7 Å². The van der Waals surface area contributed by atoms with E-state index in [-0.39, 0.29) is 24.9 Å². The van der Waals surface area contributed by atoms with Gasteiger partial charge < -0.3 is 20.5 Å². The number of hydrogen-bond acceptors (Lipinski definition) is 5. The number of carbonyl (C=O) groups excluding carboxylic acids is 2. The number of ether oxygens (including phenoxy) is 1. The summed E-state index contributed by atoms with van der Waals surface area (Å²) in [5.74, 6) is -0.542. The molecule has 1 saturated carbocycles. The number of carbonyl (C=O) groups is 2. The van der Waals surface area contributed by atoms with E-state index in [0.717, 1.165) is 5.56 Å². The molecule has 3 rings (SSSR count). The number of rotatable bonds is 7. The fraction of sp³-hybridized carbons (Fsp3) is 0.409. The molecule has 1 aliphatic carbocycles. The summed E-state index contributed by atoms with van der Waals surface area (Å²) in [6.07, 6.45) is 0.387. The predicted molar refractivity (Wildman–Crippen MR) is 109 cm³/mol. The van der Waals surface area contributed by atoms with E-state index < -0.39 is 24.3 Å². The summed E-state index contributed by atoms with van der Waals surface area (Å²) < 4.78 is 19.0. The summed E-state index contributed by atoms with van der Waals surface area (Å²) in [5.41, 5.74) is 1.50. The Kier molecular flexibility index (Phi) is 7.73. The van der Waals surface area contributed by atoms with Crippen LogP contribution in [-0.2, 0) is 22.7 Å². The number of pyridine rings is 1. The number of alkyl carbamates (subject to hydrolysis) is 1. The van der Waals surface area contributed by atoms with Gasteiger partial charge in [0.25, 0.3) is 5.91 Å². The number of benzene rings is 1. The molecule has 0 saturated heterocycles. The summed E-state index contributed by atoms with van der Waals surface area (Å²) in [7, 11) is 0. The maximum absolute atomic E-state index is 13.6. The summed E-state index contributed by atoms with van der Waals surface area (Å²) in [4.78, 5) is 29.3. The summed E-state index contributed by atoms with van der Waals surface area (Å²) in [6, 6.07) is 12.5. The lowest BCUT2D eigenvalue weighted by Gasteiger charge is -2.30. The summed E-state index contributed by atoms with van der Waals surface area (Å²) in [6.45, 7) is 0.0824. The number of alkyl halides is 1. The molecule has 1 heterocycles. The second-order valence-electron chi connectivity index (χ2n) is 7.37. The number of anilines is 1. The molecule has 30 heavy (non-hydrogen) atoms. The highest BCUT2D eigenvalue weighted by Crippen LogP contribution is 2.30. The molecule has 8 heteroatoms. The Hall–Kier alpha value is -3.00. The molecule has 3 N–H and O–H groups in total. The van der Waals surface area contributed by atoms with E-state index in [9.17, 15) is 19.1 Å². The van der Waals surface area contributed by atoms with E-state index in [2.05, 4.69) is 15.6 Å². The predicted octanol–water partition coefficient (Wildman–Crippen LogP) is 3.34. The minimum atomic E-state index is -1.06. The zero-order chi connectivity index (χ0) is 21.3. The van der Waals surface area contributed by atoms with Crippen LogP contribution in [0, 0.1) is 5.92 Å². The molecule has 0 aliphatic heterocycles. The van der Waals surface area contributed by atoms with Crippen molar-refractivity contribution in [3.8, 4) is 0 Å². The number of amides is 2. The van der Waals surface area contributed by atoms with Gasteiger partial charge in [-0.25, -0.2) is 14.2 Å². The monoisotopic (exact) mass is 415 g/mol. The first-order chi connectivity index (χ1) is 14.5. The Morgan fingerprint density at radius 3 is 2.57 bits per heavy atom. The van der Waals surface area contributed by atoms with Crippen LogP contribution in [0.25, 0.3) is 0 Å². The molecule has 0 spiro atoms. The Morgan fingerprint density at radius 2 is 1.87 bits per heavy atom. The highest BCUT2D eigenvalue weighted by Gasteiger charge is 2.35. The average Bonchev–Trinajstić information content (AvgIpc) is 2.77. The summed E-state index contributed by atoms with van der Waals surface area (Å²) >= 11 is 0. The number of halogens is 1. The van der Waals surface area contributed by atoms with E-state index in [0.29, 0.717) is 31.2 Å². The molecule has 0 unspecified atom stereocenters. The summed E-state index contributed by atoms with van der Waals surface area (Å²) in [5, 5.41) is 14.5. The Labute approximate surface area is 174 Å². The van der Waals surface area contributed by atoms with Crippen molar-refractivity contribution in [1.29, 1.82) is 0 Å². The number of nitrogens with one attached hydrogen (secondary N) is 2. The molecule has 2 aromatic rings. The van der Waals surface area contributed by atoms with Crippen LogP contribution in [0.2, 0.25) is 0 Å². The third kappa shape index (κ3) is 6.25. The van der Waals surface area contributed by atoms with Crippen LogP contribution in [0.3, 0.4) is 0 Å². The van der Waals surface area contributed by atoms with Crippen molar-refractivity contribution < 1.29 is 23.8 Å². The van der Waals surface area contributed by atoms with E-state index in [4.69, 9.17) is 4.74 Å². The zero-order valence-corrected chi connectivity index (χ0v) is 16.6. The first-order valence-electron chi connectivity index (χ1n) is 10.0. The Bertz CT molecular complexity index is 841. The number of aromatic nitrogens is 1. The number of hydrogen-bond donors (Lipinski definition) is 3. The first kappa shape index (κ1) is 21.7. The molecule has 1 fully saturated rings. The van der Waals surface area contributed by atoms with E-state index in [1.807, 2.05) is 30.3 Å². The molecule has 1 aromatic carbocycles. The number of nitrogens with zero attached hydrogens (tertiary/aromatic N) is 1. The van der Waals surface area contributed by atoms with Gasteiger partial charge in [0.1, 0.15) is 12.0 Å². The second-order valence-corrected chi connectivity index (χ2v) is 7.37. The van der Waals surface area contributed by atoms with E-state index in [1.165, 1.54) is 6.20 Å². The standard InChI is InChI=1S/C22H26FN3O4/c23-18-8-6-17(7-9-18)20(21(28)26-19-12-16(14-27)10-11-24-19)30-22(29)25-13-15-4-2-1-3-5-15/h1-5,10-12,17-18,20,27H,6-9,13-14H2,(H,25,29)(H,24,26,28)/t17?,18?,20-/m0/s1. The van der Waals surface area contributed by atoms with Gasteiger partial charge in [0.15, 0.2) is 6.10 Å².